The number of carbonyl (C=O) groups excluding carboxylic acids is 2. The highest BCUT2D eigenvalue weighted by molar-refractivity contribution is 6.01. The molecule has 2 amide bonds. The summed E-state index contributed by atoms with van der Waals surface area (Å²) in [5, 5.41) is 3.15. The summed E-state index contributed by atoms with van der Waals surface area (Å²) in [5.74, 6) is 0.602. The number of nitrogens with two attached hydrogens (primary N) is 1. The maximum atomic E-state index is 12.7. The molecule has 0 aromatic heterocycles. The van der Waals surface area contributed by atoms with Crippen LogP contribution in [0, 0.1) is 11.8 Å². The van der Waals surface area contributed by atoms with Crippen LogP contribution >= 0.6 is 0 Å². The summed E-state index contributed by atoms with van der Waals surface area (Å²) in [7, 11) is 1.58. The Morgan fingerprint density at radius 2 is 2.08 bits per heavy atom. The van der Waals surface area contributed by atoms with Crippen LogP contribution in [0.5, 0.6) is 5.75 Å². The van der Waals surface area contributed by atoms with Crippen LogP contribution in [-0.4, -0.2) is 38.1 Å². The van der Waals surface area contributed by atoms with Crippen molar-refractivity contribution < 1.29 is 14.3 Å². The number of methoxy groups -OCH3 is 1. The van der Waals surface area contributed by atoms with Crippen LogP contribution < -0.4 is 20.7 Å². The van der Waals surface area contributed by atoms with Crippen LogP contribution in [0.25, 0.3) is 0 Å². The zero-order chi connectivity index (χ0) is 17.8. The normalized spacial score (nSPS) is 26.6. The van der Waals surface area contributed by atoms with Gasteiger partial charge in [0.1, 0.15) is 5.75 Å². The van der Waals surface area contributed by atoms with E-state index in [2.05, 4.69) is 5.32 Å². The highest BCUT2D eigenvalue weighted by Gasteiger charge is 2.37. The van der Waals surface area contributed by atoms with E-state index < -0.39 is 0 Å². The van der Waals surface area contributed by atoms with E-state index in [9.17, 15) is 9.59 Å². The SMILES string of the molecule is COc1ccccc1N1CC(C(=O)NC2CCCCC2CN)CC1=O. The first-order valence-electron chi connectivity index (χ1n) is 9.08. The Morgan fingerprint density at radius 1 is 1.32 bits per heavy atom. The Kier molecular flexibility index (Phi) is 5.58. The lowest BCUT2D eigenvalue weighted by atomic mass is 9.84. The van der Waals surface area contributed by atoms with E-state index in [0.717, 1.165) is 24.9 Å². The van der Waals surface area contributed by atoms with Crippen molar-refractivity contribution in [3.05, 3.63) is 24.3 Å². The lowest BCUT2D eigenvalue weighted by molar-refractivity contribution is -0.127. The van der Waals surface area contributed by atoms with Gasteiger partial charge in [-0.3, -0.25) is 9.59 Å². The molecule has 1 aromatic carbocycles. The highest BCUT2D eigenvalue weighted by Crippen LogP contribution is 2.33. The predicted molar refractivity (Wildman–Crippen MR) is 96.4 cm³/mol. The summed E-state index contributed by atoms with van der Waals surface area (Å²) in [5.41, 5.74) is 6.57. The van der Waals surface area contributed by atoms with Crippen LogP contribution in [-0.2, 0) is 9.59 Å². The first-order chi connectivity index (χ1) is 12.1. The molecule has 3 atom stereocenters. The maximum absolute atomic E-state index is 12.7. The molecule has 3 rings (SSSR count). The summed E-state index contributed by atoms with van der Waals surface area (Å²) < 4.78 is 5.34. The maximum Gasteiger partial charge on any atom is 0.227 e. The first-order valence-corrected chi connectivity index (χ1v) is 9.08. The lowest BCUT2D eigenvalue weighted by Crippen LogP contribution is -2.47. The molecule has 3 N–H and O–H groups in total. The number of carbonyl (C=O) groups is 2. The molecule has 6 heteroatoms. The summed E-state index contributed by atoms with van der Waals surface area (Å²) in [6, 6.07) is 7.55. The van der Waals surface area contributed by atoms with Crippen LogP contribution in [0.4, 0.5) is 5.69 Å². The van der Waals surface area contributed by atoms with Gasteiger partial charge in [-0.15, -0.1) is 0 Å². The minimum atomic E-state index is -0.322. The minimum Gasteiger partial charge on any atom is -0.495 e. The fraction of sp³-hybridized carbons (Fsp3) is 0.579. The van der Waals surface area contributed by atoms with E-state index in [1.54, 1.807) is 12.0 Å². The van der Waals surface area contributed by atoms with Crippen molar-refractivity contribution in [2.24, 2.45) is 17.6 Å². The topological polar surface area (TPSA) is 84.7 Å². The van der Waals surface area contributed by atoms with Gasteiger partial charge in [-0.05, 0) is 37.4 Å². The predicted octanol–water partition coefficient (Wildman–Crippen LogP) is 1.68. The van der Waals surface area contributed by atoms with Crippen molar-refractivity contribution in [3.63, 3.8) is 0 Å². The molecule has 1 saturated heterocycles. The number of para-hydroxylation sites is 2. The van der Waals surface area contributed by atoms with Gasteiger partial charge in [0, 0.05) is 19.0 Å². The second kappa shape index (κ2) is 7.87. The molecule has 136 valence electrons. The highest BCUT2D eigenvalue weighted by atomic mass is 16.5. The van der Waals surface area contributed by atoms with Crippen molar-refractivity contribution in [1.82, 2.24) is 5.32 Å². The summed E-state index contributed by atoms with van der Waals surface area (Å²) in [6.45, 7) is 0.993. The average molecular weight is 345 g/mol. The number of benzene rings is 1. The van der Waals surface area contributed by atoms with Gasteiger partial charge in [-0.25, -0.2) is 0 Å². The van der Waals surface area contributed by atoms with Crippen LogP contribution in [0.2, 0.25) is 0 Å². The van der Waals surface area contributed by atoms with Crippen molar-refractivity contribution in [2.45, 2.75) is 38.1 Å². The Bertz CT molecular complexity index is 634. The number of rotatable bonds is 5. The molecule has 25 heavy (non-hydrogen) atoms. The number of ether oxygens (including phenoxy) is 1. The number of hydrogen-bond donors (Lipinski definition) is 2. The molecule has 1 saturated carbocycles. The molecule has 2 fully saturated rings. The van der Waals surface area contributed by atoms with E-state index >= 15 is 0 Å². The molecule has 6 nitrogen and oxygen atoms in total. The van der Waals surface area contributed by atoms with E-state index in [0.29, 0.717) is 24.8 Å². The Morgan fingerprint density at radius 3 is 2.84 bits per heavy atom. The molecule has 0 bridgehead atoms. The molecule has 1 aromatic rings. The van der Waals surface area contributed by atoms with Gasteiger partial charge in [0.25, 0.3) is 0 Å². The minimum absolute atomic E-state index is 0.0314. The summed E-state index contributed by atoms with van der Waals surface area (Å²) in [4.78, 5) is 26.8. The van der Waals surface area contributed by atoms with Crippen LogP contribution in [0.3, 0.4) is 0 Å². The smallest absolute Gasteiger partial charge is 0.227 e. The number of nitrogens with zero attached hydrogens (tertiary/aromatic N) is 1. The van der Waals surface area contributed by atoms with E-state index in [1.165, 1.54) is 6.42 Å². The summed E-state index contributed by atoms with van der Waals surface area (Å²) in [6.07, 6.45) is 4.59. The van der Waals surface area contributed by atoms with E-state index in [4.69, 9.17) is 10.5 Å². The molecule has 1 heterocycles. The number of anilines is 1. The standard InChI is InChI=1S/C19H27N3O3/c1-25-17-9-5-4-8-16(17)22-12-14(10-18(22)23)19(24)21-15-7-3-2-6-13(15)11-20/h4-5,8-9,13-15H,2-3,6-7,10-12,20H2,1H3,(H,21,24). The quantitative estimate of drug-likeness (QED) is 0.850. The third-order valence-electron chi connectivity index (χ3n) is 5.41. The Balaban J connectivity index is 1.66. The molecule has 3 unspecified atom stereocenters. The summed E-state index contributed by atoms with van der Waals surface area (Å²) >= 11 is 0. The van der Waals surface area contributed by atoms with Gasteiger partial charge in [0.15, 0.2) is 0 Å². The van der Waals surface area contributed by atoms with Gasteiger partial charge in [-0.1, -0.05) is 25.0 Å². The van der Waals surface area contributed by atoms with Gasteiger partial charge in [-0.2, -0.15) is 0 Å². The molecule has 0 radical (unpaired) electrons. The van der Waals surface area contributed by atoms with Crippen molar-refractivity contribution in [1.29, 1.82) is 0 Å². The van der Waals surface area contributed by atoms with Gasteiger partial charge in [0.2, 0.25) is 11.8 Å². The fourth-order valence-corrected chi connectivity index (χ4v) is 3.95. The molecular formula is C19H27N3O3. The van der Waals surface area contributed by atoms with E-state index in [-0.39, 0.29) is 30.2 Å². The second-order valence-corrected chi connectivity index (χ2v) is 6.97. The molecule has 0 spiro atoms. The van der Waals surface area contributed by atoms with Gasteiger partial charge >= 0.3 is 0 Å². The third-order valence-corrected chi connectivity index (χ3v) is 5.41. The molecule has 2 aliphatic rings. The Labute approximate surface area is 148 Å². The monoisotopic (exact) mass is 345 g/mol. The first kappa shape index (κ1) is 17.7. The molecule has 1 aliphatic carbocycles. The number of nitrogens with one attached hydrogen (secondary N) is 1. The molecule has 1 aliphatic heterocycles. The van der Waals surface area contributed by atoms with Crippen molar-refractivity contribution in [2.75, 3.05) is 25.1 Å². The fourth-order valence-electron chi connectivity index (χ4n) is 3.95. The third kappa shape index (κ3) is 3.79. The Hall–Kier alpha value is -2.08. The average Bonchev–Trinajstić information content (AvgIpc) is 3.03. The zero-order valence-electron chi connectivity index (χ0n) is 14.7. The van der Waals surface area contributed by atoms with Crippen LogP contribution in [0.1, 0.15) is 32.1 Å². The van der Waals surface area contributed by atoms with Gasteiger partial charge < -0.3 is 20.7 Å². The van der Waals surface area contributed by atoms with E-state index in [1.807, 2.05) is 24.3 Å². The van der Waals surface area contributed by atoms with Crippen molar-refractivity contribution >= 4 is 17.5 Å². The zero-order valence-corrected chi connectivity index (χ0v) is 14.7. The van der Waals surface area contributed by atoms with Crippen molar-refractivity contribution in [3.8, 4) is 5.75 Å². The largest absolute Gasteiger partial charge is 0.495 e. The van der Waals surface area contributed by atoms with Crippen LogP contribution in [0.15, 0.2) is 24.3 Å². The second-order valence-electron chi connectivity index (χ2n) is 6.97. The molecular weight excluding hydrogens is 318 g/mol. The number of amides is 2. The number of hydrogen-bond acceptors (Lipinski definition) is 4. The van der Waals surface area contributed by atoms with Gasteiger partial charge in [0.05, 0.1) is 18.7 Å². The lowest BCUT2D eigenvalue weighted by Gasteiger charge is -2.32.